The van der Waals surface area contributed by atoms with Crippen molar-refractivity contribution < 1.29 is 27.2 Å². The molecule has 1 aromatic heterocycles. The van der Waals surface area contributed by atoms with E-state index in [0.29, 0.717) is 0 Å². The van der Waals surface area contributed by atoms with Crippen molar-refractivity contribution in [3.8, 4) is 0 Å². The van der Waals surface area contributed by atoms with Crippen molar-refractivity contribution in [2.45, 2.75) is 26.4 Å². The summed E-state index contributed by atoms with van der Waals surface area (Å²) in [5.41, 5.74) is -1.59. The summed E-state index contributed by atoms with van der Waals surface area (Å²) in [6, 6.07) is 2.55. The zero-order valence-electron chi connectivity index (χ0n) is 13.0. The summed E-state index contributed by atoms with van der Waals surface area (Å²) >= 11 is 0.742. The molecule has 0 aliphatic rings. The van der Waals surface area contributed by atoms with E-state index in [4.69, 9.17) is 0 Å². The van der Waals surface area contributed by atoms with E-state index in [2.05, 4.69) is 9.73 Å². The molecule has 0 N–H and O–H groups in total. The number of aliphatic imine (C=N–C) groups is 1. The first-order valence-corrected chi connectivity index (χ1v) is 7.44. The molecule has 1 rings (SSSR count). The van der Waals surface area contributed by atoms with Gasteiger partial charge in [-0.25, -0.2) is 9.38 Å². The van der Waals surface area contributed by atoms with E-state index in [0.717, 1.165) is 24.5 Å². The topological polar surface area (TPSA) is 64.7 Å². The maximum atomic E-state index is 13.8. The lowest BCUT2D eigenvalue weighted by Crippen LogP contribution is -2.16. The summed E-state index contributed by atoms with van der Waals surface area (Å²) < 4.78 is 57.8. The molecule has 0 atom stereocenters. The van der Waals surface area contributed by atoms with Gasteiger partial charge in [0.1, 0.15) is 5.83 Å². The molecular formula is C14H14F4N2O3S. The lowest BCUT2D eigenvalue weighted by Gasteiger charge is -2.13. The van der Waals surface area contributed by atoms with Crippen LogP contribution in [0.25, 0.3) is 0 Å². The van der Waals surface area contributed by atoms with E-state index < -0.39 is 28.4 Å². The van der Waals surface area contributed by atoms with Gasteiger partial charge in [-0.1, -0.05) is 18.3 Å². The first-order valence-electron chi connectivity index (χ1n) is 6.63. The van der Waals surface area contributed by atoms with E-state index in [1.54, 1.807) is 0 Å². The van der Waals surface area contributed by atoms with Crippen LogP contribution in [0.2, 0.25) is 0 Å². The van der Waals surface area contributed by atoms with Crippen LogP contribution in [-0.2, 0) is 4.74 Å². The largest absolute Gasteiger partial charge is 0.480 e. The molecule has 1 aromatic rings. The Morgan fingerprint density at radius 1 is 1.46 bits per heavy atom. The number of thiophene rings is 1. The van der Waals surface area contributed by atoms with Gasteiger partial charge in [0.15, 0.2) is 5.57 Å². The molecule has 132 valence electrons. The lowest BCUT2D eigenvalue weighted by atomic mass is 10.2. The molecule has 0 unspecified atom stereocenters. The number of alkyl halides is 3. The van der Waals surface area contributed by atoms with Crippen molar-refractivity contribution in [2.24, 2.45) is 4.99 Å². The molecule has 0 fully saturated rings. The van der Waals surface area contributed by atoms with E-state index in [1.165, 1.54) is 26.0 Å². The zero-order chi connectivity index (χ0) is 18.5. The highest BCUT2D eigenvalue weighted by atomic mass is 32.1. The highest BCUT2D eigenvalue weighted by Crippen LogP contribution is 2.36. The average molecular weight is 366 g/mol. The summed E-state index contributed by atoms with van der Waals surface area (Å²) in [5, 5.41) is 10.5. The second-order valence-electron chi connectivity index (χ2n) is 4.43. The Morgan fingerprint density at radius 3 is 2.50 bits per heavy atom. The Morgan fingerprint density at radius 2 is 2.08 bits per heavy atom. The molecule has 0 aliphatic carbocycles. The van der Waals surface area contributed by atoms with Crippen LogP contribution in [0, 0.1) is 10.1 Å². The molecule has 24 heavy (non-hydrogen) atoms. The van der Waals surface area contributed by atoms with Gasteiger partial charge in [0.05, 0.1) is 22.6 Å². The third-order valence-corrected chi connectivity index (χ3v) is 3.86. The minimum Gasteiger partial charge on any atom is -0.480 e. The van der Waals surface area contributed by atoms with Gasteiger partial charge >= 0.3 is 11.2 Å². The van der Waals surface area contributed by atoms with Crippen molar-refractivity contribution in [3.63, 3.8) is 0 Å². The minimum atomic E-state index is -5.01. The van der Waals surface area contributed by atoms with Crippen LogP contribution in [0.15, 0.2) is 40.5 Å². The Labute approximate surface area is 139 Å². The van der Waals surface area contributed by atoms with E-state index in [1.807, 2.05) is 0 Å². The van der Waals surface area contributed by atoms with E-state index >= 15 is 0 Å². The molecule has 0 saturated heterocycles. The van der Waals surface area contributed by atoms with Gasteiger partial charge < -0.3 is 4.74 Å². The monoisotopic (exact) mass is 366 g/mol. The highest BCUT2D eigenvalue weighted by Gasteiger charge is 2.40. The van der Waals surface area contributed by atoms with Crippen LogP contribution in [0.3, 0.4) is 0 Å². The van der Waals surface area contributed by atoms with Gasteiger partial charge in [-0.05, 0) is 25.5 Å². The number of rotatable bonds is 6. The summed E-state index contributed by atoms with van der Waals surface area (Å²) in [7, 11) is 0.938. The summed E-state index contributed by atoms with van der Waals surface area (Å²) in [6.45, 7) is 2.84. The SMILES string of the molecule is CC/C=C(F)/C(=C(\N=C(C)c1ccc([N+](=O)[O-])s1)OC)C(F)(F)F. The molecule has 5 nitrogen and oxygen atoms in total. The molecular weight excluding hydrogens is 352 g/mol. The van der Waals surface area contributed by atoms with Crippen LogP contribution in [0.1, 0.15) is 25.1 Å². The van der Waals surface area contributed by atoms with Crippen LogP contribution < -0.4 is 0 Å². The van der Waals surface area contributed by atoms with Gasteiger partial charge in [0, 0.05) is 6.07 Å². The molecule has 0 bridgehead atoms. The van der Waals surface area contributed by atoms with Gasteiger partial charge in [0.2, 0.25) is 5.88 Å². The predicted octanol–water partition coefficient (Wildman–Crippen LogP) is 5.15. The van der Waals surface area contributed by atoms with Crippen molar-refractivity contribution in [1.82, 2.24) is 0 Å². The molecule has 0 radical (unpaired) electrons. The van der Waals surface area contributed by atoms with Crippen LogP contribution >= 0.6 is 11.3 Å². The summed E-state index contributed by atoms with van der Waals surface area (Å²) in [4.78, 5) is 14.0. The van der Waals surface area contributed by atoms with Crippen LogP contribution in [0.4, 0.5) is 22.6 Å². The molecule has 0 aromatic carbocycles. The Balaban J connectivity index is 3.43. The Bertz CT molecular complexity index is 705. The van der Waals surface area contributed by atoms with Crippen LogP contribution in [0.5, 0.6) is 0 Å². The summed E-state index contributed by atoms with van der Waals surface area (Å²) in [6.07, 6.45) is -4.18. The van der Waals surface area contributed by atoms with E-state index in [-0.39, 0.29) is 22.0 Å². The number of halogens is 4. The standard InChI is InChI=1S/C14H14F4N2O3S/c1-4-5-9(15)12(14(16,17)18)13(23-3)19-8(2)10-6-7-11(24-10)20(21)22/h5-7H,4H2,1-3H3/b9-5-,13-12-,19-8?. The molecule has 0 aliphatic heterocycles. The third kappa shape index (κ3) is 4.88. The fourth-order valence-corrected chi connectivity index (χ4v) is 2.44. The maximum Gasteiger partial charge on any atom is 0.424 e. The minimum absolute atomic E-state index is 0.0380. The number of nitrogens with zero attached hydrogens (tertiary/aromatic N) is 2. The summed E-state index contributed by atoms with van der Waals surface area (Å²) in [5.74, 6) is -2.44. The first-order chi connectivity index (χ1) is 11.1. The first kappa shape index (κ1) is 19.8. The van der Waals surface area contributed by atoms with Crippen molar-refractivity contribution in [3.05, 3.63) is 50.5 Å². The van der Waals surface area contributed by atoms with Crippen molar-refractivity contribution in [1.29, 1.82) is 0 Å². The maximum absolute atomic E-state index is 13.8. The molecule has 0 amide bonds. The Hall–Kier alpha value is -2.23. The number of hydrogen-bond acceptors (Lipinski definition) is 5. The molecule has 10 heteroatoms. The number of nitro groups is 1. The van der Waals surface area contributed by atoms with Gasteiger partial charge in [-0.15, -0.1) is 0 Å². The highest BCUT2D eigenvalue weighted by molar-refractivity contribution is 7.17. The number of ether oxygens (including phenoxy) is 1. The van der Waals surface area contributed by atoms with E-state index in [9.17, 15) is 27.7 Å². The number of hydrogen-bond donors (Lipinski definition) is 0. The number of methoxy groups -OCH3 is 1. The predicted molar refractivity (Wildman–Crippen MR) is 82.8 cm³/mol. The zero-order valence-corrected chi connectivity index (χ0v) is 13.8. The van der Waals surface area contributed by atoms with Crippen molar-refractivity contribution in [2.75, 3.05) is 7.11 Å². The fourth-order valence-electron chi connectivity index (χ4n) is 1.67. The average Bonchev–Trinajstić information content (AvgIpc) is 2.95. The second kappa shape index (κ2) is 8.04. The quantitative estimate of drug-likeness (QED) is 0.175. The molecule has 0 saturated carbocycles. The lowest BCUT2D eigenvalue weighted by molar-refractivity contribution is -0.380. The molecule has 1 heterocycles. The van der Waals surface area contributed by atoms with Crippen LogP contribution in [-0.4, -0.2) is 23.9 Å². The molecule has 0 spiro atoms. The fraction of sp³-hybridized carbons (Fsp3) is 0.357. The Kier molecular flexibility index (Phi) is 6.64. The van der Waals surface area contributed by atoms with Gasteiger partial charge in [0.25, 0.3) is 0 Å². The second-order valence-corrected chi connectivity index (χ2v) is 5.50. The third-order valence-electron chi connectivity index (χ3n) is 2.71. The normalized spacial score (nSPS) is 14.5. The number of allylic oxidation sites excluding steroid dienone is 3. The van der Waals surface area contributed by atoms with Gasteiger partial charge in [-0.3, -0.25) is 10.1 Å². The van der Waals surface area contributed by atoms with Gasteiger partial charge in [-0.2, -0.15) is 13.2 Å². The van der Waals surface area contributed by atoms with Crippen molar-refractivity contribution >= 4 is 22.0 Å². The smallest absolute Gasteiger partial charge is 0.424 e.